The van der Waals surface area contributed by atoms with E-state index in [4.69, 9.17) is 14.2 Å². The Morgan fingerprint density at radius 1 is 1.28 bits per heavy atom. The lowest BCUT2D eigenvalue weighted by atomic mass is 10.1. The molecular formula is C19H16N2O4. The van der Waals surface area contributed by atoms with Crippen LogP contribution in [-0.4, -0.2) is 19.8 Å². The molecular weight excluding hydrogens is 320 g/mol. The first-order valence-corrected chi connectivity index (χ1v) is 7.58. The summed E-state index contributed by atoms with van der Waals surface area (Å²) in [4.78, 5) is 12.4. The van der Waals surface area contributed by atoms with Crippen LogP contribution in [0.15, 0.2) is 42.0 Å². The Hall–Kier alpha value is -3.46. The zero-order valence-electron chi connectivity index (χ0n) is 13.8. The lowest BCUT2D eigenvalue weighted by Gasteiger charge is -2.08. The van der Waals surface area contributed by atoms with Gasteiger partial charge in [0.2, 0.25) is 6.79 Å². The predicted molar refractivity (Wildman–Crippen MR) is 92.5 cm³/mol. The average Bonchev–Trinajstić information content (AvgIpc) is 3.05. The number of fused-ring (bicyclic) bond motifs is 1. The highest BCUT2D eigenvalue weighted by molar-refractivity contribution is 6.09. The molecule has 6 nitrogen and oxygen atoms in total. The van der Waals surface area contributed by atoms with Crippen LogP contribution in [0.25, 0.3) is 6.08 Å². The van der Waals surface area contributed by atoms with Gasteiger partial charge in [0.05, 0.1) is 7.11 Å². The molecule has 0 aliphatic carbocycles. The molecule has 0 atom stereocenters. The normalized spacial score (nSPS) is 12.4. The highest BCUT2D eigenvalue weighted by Gasteiger charge is 2.18. The van der Waals surface area contributed by atoms with Crippen LogP contribution in [0.4, 0.5) is 5.69 Å². The average molecular weight is 336 g/mol. The van der Waals surface area contributed by atoms with Gasteiger partial charge in [0, 0.05) is 17.3 Å². The minimum atomic E-state index is -0.493. The smallest absolute Gasteiger partial charge is 0.266 e. The number of rotatable bonds is 4. The molecule has 1 N–H and O–H groups in total. The molecule has 6 heteroatoms. The zero-order chi connectivity index (χ0) is 17.8. The van der Waals surface area contributed by atoms with Crippen LogP contribution >= 0.6 is 0 Å². The molecule has 3 rings (SSSR count). The van der Waals surface area contributed by atoms with E-state index < -0.39 is 5.91 Å². The quantitative estimate of drug-likeness (QED) is 0.684. The number of nitriles is 1. The fraction of sp³-hybridized carbons (Fsp3) is 0.158. The van der Waals surface area contributed by atoms with Crippen molar-refractivity contribution < 1.29 is 19.0 Å². The standard InChI is InChI=1S/C19H16N2O4/c1-12-4-3-5-15(6-12)21-19(22)14(10-20)7-13-8-17-18(25-11-24-17)9-16(13)23-2/h3-9H,11H2,1-2H3,(H,21,22)/b14-7+. The molecule has 0 bridgehead atoms. The SMILES string of the molecule is COc1cc2c(cc1/C=C(\C#N)C(=O)Nc1cccc(C)c1)OCO2. The third-order valence-corrected chi connectivity index (χ3v) is 3.67. The minimum Gasteiger partial charge on any atom is -0.496 e. The van der Waals surface area contributed by atoms with E-state index in [1.165, 1.54) is 13.2 Å². The Morgan fingerprint density at radius 3 is 2.72 bits per heavy atom. The van der Waals surface area contributed by atoms with Crippen molar-refractivity contribution in [3.63, 3.8) is 0 Å². The summed E-state index contributed by atoms with van der Waals surface area (Å²) in [7, 11) is 1.51. The van der Waals surface area contributed by atoms with Gasteiger partial charge >= 0.3 is 0 Å². The molecule has 0 saturated carbocycles. The largest absolute Gasteiger partial charge is 0.496 e. The van der Waals surface area contributed by atoms with E-state index in [-0.39, 0.29) is 12.4 Å². The van der Waals surface area contributed by atoms with Gasteiger partial charge < -0.3 is 19.5 Å². The molecule has 0 fully saturated rings. The highest BCUT2D eigenvalue weighted by Crippen LogP contribution is 2.38. The van der Waals surface area contributed by atoms with Crippen LogP contribution < -0.4 is 19.5 Å². The molecule has 0 aromatic heterocycles. The van der Waals surface area contributed by atoms with Gasteiger partial charge in [-0.05, 0) is 36.8 Å². The van der Waals surface area contributed by atoms with E-state index in [1.54, 1.807) is 18.2 Å². The second-order valence-corrected chi connectivity index (χ2v) is 5.44. The number of ether oxygens (including phenoxy) is 3. The summed E-state index contributed by atoms with van der Waals surface area (Å²) in [5, 5.41) is 12.1. The summed E-state index contributed by atoms with van der Waals surface area (Å²) in [5.41, 5.74) is 2.16. The summed E-state index contributed by atoms with van der Waals surface area (Å²) in [6.45, 7) is 2.05. The number of amides is 1. The van der Waals surface area contributed by atoms with Crippen LogP contribution in [0.5, 0.6) is 17.2 Å². The molecule has 126 valence electrons. The molecule has 1 heterocycles. The topological polar surface area (TPSA) is 80.6 Å². The summed E-state index contributed by atoms with van der Waals surface area (Å²) in [5.74, 6) is 1.10. The Bertz CT molecular complexity index is 897. The van der Waals surface area contributed by atoms with E-state index in [9.17, 15) is 10.1 Å². The molecule has 0 saturated heterocycles. The number of methoxy groups -OCH3 is 1. The van der Waals surface area contributed by atoms with Gasteiger partial charge in [0.15, 0.2) is 11.5 Å². The number of carbonyl (C=O) groups excluding carboxylic acids is 1. The predicted octanol–water partition coefficient (Wildman–Crippen LogP) is 3.28. The van der Waals surface area contributed by atoms with Crippen molar-refractivity contribution in [3.05, 3.63) is 53.1 Å². The van der Waals surface area contributed by atoms with Gasteiger partial charge in [-0.3, -0.25) is 4.79 Å². The number of nitrogens with zero attached hydrogens (tertiary/aromatic N) is 1. The van der Waals surface area contributed by atoms with Crippen LogP contribution in [-0.2, 0) is 4.79 Å². The third-order valence-electron chi connectivity index (χ3n) is 3.67. The maximum atomic E-state index is 12.4. The van der Waals surface area contributed by atoms with Gasteiger partial charge in [0.1, 0.15) is 17.4 Å². The van der Waals surface area contributed by atoms with Crippen molar-refractivity contribution in [2.45, 2.75) is 6.92 Å². The molecule has 1 aliphatic heterocycles. The first-order valence-electron chi connectivity index (χ1n) is 7.58. The van der Waals surface area contributed by atoms with Crippen molar-refractivity contribution in [2.24, 2.45) is 0 Å². The van der Waals surface area contributed by atoms with E-state index in [0.29, 0.717) is 28.5 Å². The van der Waals surface area contributed by atoms with Crippen molar-refractivity contribution in [1.82, 2.24) is 0 Å². The maximum Gasteiger partial charge on any atom is 0.266 e. The number of hydrogen-bond donors (Lipinski definition) is 1. The van der Waals surface area contributed by atoms with Gasteiger partial charge in [0.25, 0.3) is 5.91 Å². The van der Waals surface area contributed by atoms with Gasteiger partial charge in [-0.1, -0.05) is 12.1 Å². The summed E-state index contributed by atoms with van der Waals surface area (Å²) >= 11 is 0. The van der Waals surface area contributed by atoms with Crippen molar-refractivity contribution in [1.29, 1.82) is 5.26 Å². The first-order chi connectivity index (χ1) is 12.1. The van der Waals surface area contributed by atoms with E-state index in [1.807, 2.05) is 31.2 Å². The summed E-state index contributed by atoms with van der Waals surface area (Å²) in [6, 6.07) is 12.6. The van der Waals surface area contributed by atoms with Crippen molar-refractivity contribution in [3.8, 4) is 23.3 Å². The molecule has 2 aromatic carbocycles. The lowest BCUT2D eigenvalue weighted by Crippen LogP contribution is -2.13. The lowest BCUT2D eigenvalue weighted by molar-refractivity contribution is -0.112. The number of anilines is 1. The van der Waals surface area contributed by atoms with Crippen molar-refractivity contribution >= 4 is 17.7 Å². The van der Waals surface area contributed by atoms with E-state index in [2.05, 4.69) is 5.32 Å². The highest BCUT2D eigenvalue weighted by atomic mass is 16.7. The van der Waals surface area contributed by atoms with Gasteiger partial charge in [-0.2, -0.15) is 5.26 Å². The van der Waals surface area contributed by atoms with Gasteiger partial charge in [-0.15, -0.1) is 0 Å². The van der Waals surface area contributed by atoms with Crippen LogP contribution in [0, 0.1) is 18.3 Å². The van der Waals surface area contributed by atoms with E-state index in [0.717, 1.165) is 5.56 Å². The Morgan fingerprint density at radius 2 is 2.04 bits per heavy atom. The van der Waals surface area contributed by atoms with Crippen LogP contribution in [0.2, 0.25) is 0 Å². The zero-order valence-corrected chi connectivity index (χ0v) is 13.8. The Balaban J connectivity index is 1.90. The second kappa shape index (κ2) is 6.97. The molecule has 0 unspecified atom stereocenters. The minimum absolute atomic E-state index is 0.0429. The molecule has 1 aliphatic rings. The number of nitrogens with one attached hydrogen (secondary N) is 1. The Kier molecular flexibility index (Phi) is 4.57. The van der Waals surface area contributed by atoms with Crippen molar-refractivity contribution in [2.75, 3.05) is 19.2 Å². The maximum absolute atomic E-state index is 12.4. The molecule has 2 aromatic rings. The molecule has 1 amide bonds. The number of hydrogen-bond acceptors (Lipinski definition) is 5. The summed E-state index contributed by atoms with van der Waals surface area (Å²) in [6.07, 6.45) is 1.46. The number of aryl methyl sites for hydroxylation is 1. The third kappa shape index (κ3) is 3.56. The number of benzene rings is 2. The van der Waals surface area contributed by atoms with Gasteiger partial charge in [-0.25, -0.2) is 0 Å². The Labute approximate surface area is 145 Å². The first kappa shape index (κ1) is 16.4. The van der Waals surface area contributed by atoms with E-state index >= 15 is 0 Å². The molecule has 25 heavy (non-hydrogen) atoms. The number of carbonyl (C=O) groups is 1. The fourth-order valence-corrected chi connectivity index (χ4v) is 2.45. The summed E-state index contributed by atoms with van der Waals surface area (Å²) < 4.78 is 15.9. The van der Waals surface area contributed by atoms with Crippen LogP contribution in [0.3, 0.4) is 0 Å². The van der Waals surface area contributed by atoms with Crippen LogP contribution in [0.1, 0.15) is 11.1 Å². The molecule has 0 radical (unpaired) electrons. The molecule has 0 spiro atoms. The second-order valence-electron chi connectivity index (χ2n) is 5.44. The monoisotopic (exact) mass is 336 g/mol. The fourth-order valence-electron chi connectivity index (χ4n) is 2.45.